The van der Waals surface area contributed by atoms with Crippen LogP contribution in [0.1, 0.15) is 32.3 Å². The van der Waals surface area contributed by atoms with Crippen LogP contribution in [0, 0.1) is 0 Å². The van der Waals surface area contributed by atoms with Gasteiger partial charge in [-0.3, -0.25) is 0 Å². The molecular formula is C15H19NO2. The second-order valence-electron chi connectivity index (χ2n) is 4.64. The molecule has 3 nitrogen and oxygen atoms in total. The summed E-state index contributed by atoms with van der Waals surface area (Å²) in [5.74, 6) is -0.819. The highest BCUT2D eigenvalue weighted by Gasteiger charge is 2.24. The Morgan fingerprint density at radius 3 is 2.61 bits per heavy atom. The third-order valence-electron chi connectivity index (χ3n) is 3.56. The van der Waals surface area contributed by atoms with Crippen molar-refractivity contribution in [2.45, 2.75) is 39.2 Å². The van der Waals surface area contributed by atoms with Crippen molar-refractivity contribution in [1.29, 1.82) is 0 Å². The Bertz CT molecular complexity index is 475. The summed E-state index contributed by atoms with van der Waals surface area (Å²) in [5, 5.41) is 9.21. The van der Waals surface area contributed by atoms with E-state index in [2.05, 4.69) is 24.8 Å². The van der Waals surface area contributed by atoms with Crippen molar-refractivity contribution >= 4 is 11.7 Å². The fraction of sp³-hybridized carbons (Fsp3) is 0.400. The van der Waals surface area contributed by atoms with E-state index in [-0.39, 0.29) is 0 Å². The summed E-state index contributed by atoms with van der Waals surface area (Å²) in [6.45, 7) is 4.28. The maximum Gasteiger partial charge on any atom is 0.333 e. The molecule has 0 amide bonds. The molecule has 1 aliphatic heterocycles. The van der Waals surface area contributed by atoms with Gasteiger partial charge in [-0.1, -0.05) is 32.0 Å². The number of hydrogen-bond donors (Lipinski definition) is 1. The number of benzene rings is 1. The highest BCUT2D eigenvalue weighted by Crippen LogP contribution is 2.31. The molecule has 1 heterocycles. The average molecular weight is 245 g/mol. The molecule has 1 aromatic carbocycles. The first-order valence-corrected chi connectivity index (χ1v) is 6.47. The fourth-order valence-electron chi connectivity index (χ4n) is 2.52. The van der Waals surface area contributed by atoms with Crippen LogP contribution < -0.4 is 4.90 Å². The lowest BCUT2D eigenvalue weighted by atomic mass is 9.97. The first-order chi connectivity index (χ1) is 8.67. The summed E-state index contributed by atoms with van der Waals surface area (Å²) in [6, 6.07) is 8.42. The Balaban J connectivity index is 2.45. The second kappa shape index (κ2) is 5.25. The Labute approximate surface area is 108 Å². The number of rotatable bonds is 4. The van der Waals surface area contributed by atoms with Crippen LogP contribution in [-0.2, 0) is 11.2 Å². The third kappa shape index (κ3) is 2.26. The van der Waals surface area contributed by atoms with Crippen LogP contribution in [0.5, 0.6) is 0 Å². The van der Waals surface area contributed by atoms with Crippen LogP contribution in [-0.4, -0.2) is 17.1 Å². The summed E-state index contributed by atoms with van der Waals surface area (Å²) >= 11 is 0. The molecule has 0 aliphatic carbocycles. The van der Waals surface area contributed by atoms with Crippen molar-refractivity contribution in [2.75, 3.05) is 4.90 Å². The third-order valence-corrected chi connectivity index (χ3v) is 3.56. The van der Waals surface area contributed by atoms with E-state index in [9.17, 15) is 9.90 Å². The van der Waals surface area contributed by atoms with Gasteiger partial charge in [0, 0.05) is 24.4 Å². The van der Waals surface area contributed by atoms with Crippen LogP contribution in [0.4, 0.5) is 5.69 Å². The van der Waals surface area contributed by atoms with Crippen molar-refractivity contribution in [1.82, 2.24) is 0 Å². The molecule has 0 saturated heterocycles. The minimum atomic E-state index is -0.819. The molecular weight excluding hydrogens is 226 g/mol. The van der Waals surface area contributed by atoms with Gasteiger partial charge in [0.05, 0.1) is 5.57 Å². The van der Waals surface area contributed by atoms with Gasteiger partial charge in [0.15, 0.2) is 0 Å². The van der Waals surface area contributed by atoms with Gasteiger partial charge in [-0.25, -0.2) is 4.79 Å². The van der Waals surface area contributed by atoms with Gasteiger partial charge < -0.3 is 10.0 Å². The molecule has 0 bridgehead atoms. The van der Waals surface area contributed by atoms with E-state index < -0.39 is 5.97 Å². The van der Waals surface area contributed by atoms with E-state index in [1.807, 2.05) is 24.4 Å². The number of aliphatic carboxylic acids is 1. The predicted molar refractivity (Wildman–Crippen MR) is 72.7 cm³/mol. The Morgan fingerprint density at radius 2 is 2.00 bits per heavy atom. The molecule has 0 radical (unpaired) electrons. The molecule has 3 heteroatoms. The highest BCUT2D eigenvalue weighted by atomic mass is 16.4. The second-order valence-corrected chi connectivity index (χ2v) is 4.64. The lowest BCUT2D eigenvalue weighted by Gasteiger charge is -2.34. The molecule has 1 aliphatic rings. The highest BCUT2D eigenvalue weighted by molar-refractivity contribution is 5.89. The van der Waals surface area contributed by atoms with Crippen molar-refractivity contribution in [3.05, 3.63) is 41.6 Å². The lowest BCUT2D eigenvalue weighted by molar-refractivity contribution is -0.132. The minimum Gasteiger partial charge on any atom is -0.478 e. The number of fused-ring (bicyclic) bond motifs is 1. The Morgan fingerprint density at radius 1 is 1.33 bits per heavy atom. The number of para-hydroxylation sites is 1. The minimum absolute atomic E-state index is 0.362. The summed E-state index contributed by atoms with van der Waals surface area (Å²) in [4.78, 5) is 13.3. The topological polar surface area (TPSA) is 40.5 Å². The van der Waals surface area contributed by atoms with Gasteiger partial charge >= 0.3 is 5.97 Å². The van der Waals surface area contributed by atoms with Gasteiger partial charge in [0.25, 0.3) is 0 Å². The van der Waals surface area contributed by atoms with E-state index >= 15 is 0 Å². The van der Waals surface area contributed by atoms with E-state index in [0.29, 0.717) is 18.0 Å². The number of hydrogen-bond acceptors (Lipinski definition) is 2. The largest absolute Gasteiger partial charge is 0.478 e. The standard InChI is InChI=1S/C15H19NO2/c1-3-13(4-2)16-10-12(15(17)18)9-11-7-5-6-8-14(11)16/h5-8,10,13H,3-4,9H2,1-2H3,(H,17,18). The molecule has 0 atom stereocenters. The zero-order valence-electron chi connectivity index (χ0n) is 10.9. The summed E-state index contributed by atoms with van der Waals surface area (Å²) in [7, 11) is 0. The number of carboxylic acids is 1. The maximum absolute atomic E-state index is 11.2. The van der Waals surface area contributed by atoms with Crippen molar-refractivity contribution in [2.24, 2.45) is 0 Å². The zero-order chi connectivity index (χ0) is 13.1. The summed E-state index contributed by atoms with van der Waals surface area (Å²) in [5.41, 5.74) is 2.72. The SMILES string of the molecule is CCC(CC)N1C=C(C(=O)O)Cc2ccccc21. The molecule has 0 aromatic heterocycles. The average Bonchev–Trinajstić information content (AvgIpc) is 2.39. The molecule has 18 heavy (non-hydrogen) atoms. The van der Waals surface area contributed by atoms with Crippen LogP contribution >= 0.6 is 0 Å². The molecule has 1 aromatic rings. The number of carbonyl (C=O) groups is 1. The van der Waals surface area contributed by atoms with Crippen molar-refractivity contribution in [3.63, 3.8) is 0 Å². The van der Waals surface area contributed by atoms with E-state index in [1.165, 1.54) is 0 Å². The molecule has 0 spiro atoms. The van der Waals surface area contributed by atoms with Crippen LogP contribution in [0.3, 0.4) is 0 Å². The van der Waals surface area contributed by atoms with Crippen LogP contribution in [0.15, 0.2) is 36.0 Å². The first-order valence-electron chi connectivity index (χ1n) is 6.47. The monoisotopic (exact) mass is 245 g/mol. The van der Waals surface area contributed by atoms with Gasteiger partial charge in [-0.15, -0.1) is 0 Å². The quantitative estimate of drug-likeness (QED) is 0.885. The lowest BCUT2D eigenvalue weighted by Crippen LogP contribution is -2.33. The first kappa shape index (κ1) is 12.7. The molecule has 2 rings (SSSR count). The van der Waals surface area contributed by atoms with Crippen LogP contribution in [0.2, 0.25) is 0 Å². The zero-order valence-corrected chi connectivity index (χ0v) is 10.9. The predicted octanol–water partition coefficient (Wildman–Crippen LogP) is 3.21. The number of carboxylic acid groups (broad SMARTS) is 1. The molecule has 96 valence electrons. The Hall–Kier alpha value is -1.77. The van der Waals surface area contributed by atoms with Gasteiger partial charge in [0.1, 0.15) is 0 Å². The van der Waals surface area contributed by atoms with E-state index in [4.69, 9.17) is 0 Å². The molecule has 0 fully saturated rings. The van der Waals surface area contributed by atoms with E-state index in [0.717, 1.165) is 24.1 Å². The van der Waals surface area contributed by atoms with Crippen molar-refractivity contribution in [3.8, 4) is 0 Å². The maximum atomic E-state index is 11.2. The smallest absolute Gasteiger partial charge is 0.333 e. The number of anilines is 1. The van der Waals surface area contributed by atoms with Gasteiger partial charge in [-0.05, 0) is 24.5 Å². The summed E-state index contributed by atoms with van der Waals surface area (Å²) < 4.78 is 0. The van der Waals surface area contributed by atoms with Gasteiger partial charge in [0.2, 0.25) is 0 Å². The molecule has 1 N–H and O–H groups in total. The molecule has 0 saturated carbocycles. The summed E-state index contributed by atoms with van der Waals surface area (Å²) in [6.07, 6.45) is 4.34. The van der Waals surface area contributed by atoms with Crippen molar-refractivity contribution < 1.29 is 9.90 Å². The van der Waals surface area contributed by atoms with E-state index in [1.54, 1.807) is 0 Å². The van der Waals surface area contributed by atoms with Crippen LogP contribution in [0.25, 0.3) is 0 Å². The number of nitrogens with zero attached hydrogens (tertiary/aromatic N) is 1. The fourth-order valence-corrected chi connectivity index (χ4v) is 2.52. The Kier molecular flexibility index (Phi) is 3.70. The van der Waals surface area contributed by atoms with Gasteiger partial charge in [-0.2, -0.15) is 0 Å². The normalized spacial score (nSPS) is 14.4. The molecule has 0 unspecified atom stereocenters.